The highest BCUT2D eigenvalue weighted by molar-refractivity contribution is 7.92. The van der Waals surface area contributed by atoms with Gasteiger partial charge in [-0.3, -0.25) is 9.52 Å². The smallest absolute Gasteiger partial charge is 0.262 e. The molecule has 6 nitrogen and oxygen atoms in total. The fraction of sp³-hybridized carbons (Fsp3) is 0. The van der Waals surface area contributed by atoms with Crippen LogP contribution in [-0.2, 0) is 10.0 Å². The van der Waals surface area contributed by atoms with Crippen molar-refractivity contribution in [1.29, 1.82) is 0 Å². The van der Waals surface area contributed by atoms with Crippen LogP contribution in [0.2, 0.25) is 0 Å². The predicted molar refractivity (Wildman–Crippen MR) is 107 cm³/mol. The number of phenolic OH excluding ortho intramolecular Hbond substituents is 2. The van der Waals surface area contributed by atoms with Crippen molar-refractivity contribution in [3.05, 3.63) is 90.0 Å². The Labute approximate surface area is 162 Å². The van der Waals surface area contributed by atoms with Crippen LogP contribution in [0.1, 0.15) is 15.9 Å². The van der Waals surface area contributed by atoms with Gasteiger partial charge in [-0.2, -0.15) is 0 Å². The minimum Gasteiger partial charge on any atom is -0.508 e. The molecule has 0 radical (unpaired) electrons. The highest BCUT2D eigenvalue weighted by Gasteiger charge is 2.16. The number of sulfonamides is 1. The third-order valence-electron chi connectivity index (χ3n) is 3.90. The van der Waals surface area contributed by atoms with E-state index in [1.165, 1.54) is 48.6 Å². The van der Waals surface area contributed by atoms with E-state index in [1.54, 1.807) is 30.3 Å². The molecule has 3 rings (SSSR count). The molecule has 28 heavy (non-hydrogen) atoms. The second kappa shape index (κ2) is 7.98. The topological polar surface area (TPSA) is 104 Å². The molecule has 0 amide bonds. The summed E-state index contributed by atoms with van der Waals surface area (Å²) >= 11 is 0. The fourth-order valence-electron chi connectivity index (χ4n) is 2.44. The Morgan fingerprint density at radius 3 is 2.21 bits per heavy atom. The van der Waals surface area contributed by atoms with E-state index in [-0.39, 0.29) is 27.9 Å². The van der Waals surface area contributed by atoms with Crippen LogP contribution in [-0.4, -0.2) is 24.4 Å². The van der Waals surface area contributed by atoms with Gasteiger partial charge < -0.3 is 10.2 Å². The minimum atomic E-state index is -3.92. The monoisotopic (exact) mass is 395 g/mol. The highest BCUT2D eigenvalue weighted by atomic mass is 32.2. The number of ketones is 1. The van der Waals surface area contributed by atoms with Gasteiger partial charge in [0.1, 0.15) is 11.5 Å². The van der Waals surface area contributed by atoms with E-state index in [2.05, 4.69) is 4.72 Å². The van der Waals surface area contributed by atoms with Crippen molar-refractivity contribution in [3.63, 3.8) is 0 Å². The van der Waals surface area contributed by atoms with Crippen molar-refractivity contribution in [2.75, 3.05) is 4.72 Å². The lowest BCUT2D eigenvalue weighted by atomic mass is 10.1. The lowest BCUT2D eigenvalue weighted by molar-refractivity contribution is 0.104. The molecule has 0 saturated heterocycles. The lowest BCUT2D eigenvalue weighted by Crippen LogP contribution is -2.12. The van der Waals surface area contributed by atoms with Gasteiger partial charge in [0, 0.05) is 5.56 Å². The zero-order valence-corrected chi connectivity index (χ0v) is 15.4. The average Bonchev–Trinajstić information content (AvgIpc) is 2.69. The Morgan fingerprint density at radius 1 is 0.893 bits per heavy atom. The summed E-state index contributed by atoms with van der Waals surface area (Å²) in [5, 5.41) is 19.4. The summed E-state index contributed by atoms with van der Waals surface area (Å²) in [7, 11) is -3.92. The number of hydrogen-bond acceptors (Lipinski definition) is 5. The molecular weight excluding hydrogens is 378 g/mol. The number of phenols is 2. The molecule has 3 N–H and O–H groups in total. The number of nitrogens with one attached hydrogen (secondary N) is 1. The van der Waals surface area contributed by atoms with Gasteiger partial charge in [-0.15, -0.1) is 0 Å². The summed E-state index contributed by atoms with van der Waals surface area (Å²) in [6.45, 7) is 0. The molecule has 7 heteroatoms. The third-order valence-corrected chi connectivity index (χ3v) is 5.28. The second-order valence-electron chi connectivity index (χ2n) is 5.94. The summed E-state index contributed by atoms with van der Waals surface area (Å²) in [4.78, 5) is 12.0. The number of allylic oxidation sites excluding steroid dienone is 1. The van der Waals surface area contributed by atoms with E-state index < -0.39 is 10.0 Å². The molecular formula is C21H17NO5S. The molecule has 0 aliphatic heterocycles. The van der Waals surface area contributed by atoms with Gasteiger partial charge in [-0.1, -0.05) is 42.5 Å². The number of hydrogen-bond donors (Lipinski definition) is 3. The standard InChI is InChI=1S/C21H17NO5S/c23-17-8-10-18(11-9-17)28(26,27)22-19-12-6-15(14-21(19)25)7-13-20(24)16-4-2-1-3-5-16/h1-14,22-23,25H. The number of aromatic hydroxyl groups is 2. The average molecular weight is 395 g/mol. The van der Waals surface area contributed by atoms with Crippen molar-refractivity contribution < 1.29 is 23.4 Å². The minimum absolute atomic E-state index is 0.000360. The maximum atomic E-state index is 12.4. The molecule has 0 heterocycles. The molecule has 0 aromatic heterocycles. The van der Waals surface area contributed by atoms with Crippen LogP contribution in [0.5, 0.6) is 11.5 Å². The molecule has 0 atom stereocenters. The van der Waals surface area contributed by atoms with E-state index >= 15 is 0 Å². The maximum absolute atomic E-state index is 12.4. The Kier molecular flexibility index (Phi) is 5.47. The first kappa shape index (κ1) is 19.2. The van der Waals surface area contributed by atoms with Gasteiger partial charge in [0.05, 0.1) is 10.6 Å². The van der Waals surface area contributed by atoms with Crippen LogP contribution in [0.15, 0.2) is 83.8 Å². The third kappa shape index (κ3) is 4.57. The van der Waals surface area contributed by atoms with Crippen LogP contribution < -0.4 is 4.72 Å². The molecule has 0 unspecified atom stereocenters. The maximum Gasteiger partial charge on any atom is 0.262 e. The van der Waals surface area contributed by atoms with Gasteiger partial charge in [0.15, 0.2) is 5.78 Å². The van der Waals surface area contributed by atoms with Crippen molar-refractivity contribution >= 4 is 27.6 Å². The van der Waals surface area contributed by atoms with Crippen molar-refractivity contribution in [2.24, 2.45) is 0 Å². The van der Waals surface area contributed by atoms with Gasteiger partial charge in [0.25, 0.3) is 10.0 Å². The van der Waals surface area contributed by atoms with Crippen LogP contribution in [0.3, 0.4) is 0 Å². The summed E-state index contributed by atoms with van der Waals surface area (Å²) in [6, 6.07) is 18.1. The first-order chi connectivity index (χ1) is 13.3. The zero-order valence-electron chi connectivity index (χ0n) is 14.6. The molecule has 3 aromatic rings. The zero-order chi connectivity index (χ0) is 20.1. The molecule has 0 saturated carbocycles. The quantitative estimate of drug-likeness (QED) is 0.335. The second-order valence-corrected chi connectivity index (χ2v) is 7.62. The number of anilines is 1. The molecule has 0 spiro atoms. The number of carbonyl (C=O) groups is 1. The number of rotatable bonds is 6. The lowest BCUT2D eigenvalue weighted by Gasteiger charge is -2.10. The van der Waals surface area contributed by atoms with E-state index in [0.29, 0.717) is 11.1 Å². The summed E-state index contributed by atoms with van der Waals surface area (Å²) in [5.41, 5.74) is 1.08. The van der Waals surface area contributed by atoms with E-state index in [0.717, 1.165) is 0 Å². The first-order valence-electron chi connectivity index (χ1n) is 8.27. The SMILES string of the molecule is O=C(C=Cc1ccc(NS(=O)(=O)c2ccc(O)cc2)c(O)c1)c1ccccc1. The summed E-state index contributed by atoms with van der Waals surface area (Å²) in [5.74, 6) is -0.517. The van der Waals surface area contributed by atoms with Crippen LogP contribution >= 0.6 is 0 Å². The molecule has 142 valence electrons. The van der Waals surface area contributed by atoms with Crippen molar-refractivity contribution in [1.82, 2.24) is 0 Å². The van der Waals surface area contributed by atoms with E-state index in [9.17, 15) is 23.4 Å². The molecule has 0 fully saturated rings. The van der Waals surface area contributed by atoms with Crippen LogP contribution in [0.4, 0.5) is 5.69 Å². The van der Waals surface area contributed by atoms with Gasteiger partial charge in [0.2, 0.25) is 0 Å². The van der Waals surface area contributed by atoms with E-state index in [1.807, 2.05) is 6.07 Å². The Balaban J connectivity index is 1.76. The summed E-state index contributed by atoms with van der Waals surface area (Å²) < 4.78 is 27.0. The van der Waals surface area contributed by atoms with Crippen molar-refractivity contribution in [3.8, 4) is 11.5 Å². The highest BCUT2D eigenvalue weighted by Crippen LogP contribution is 2.28. The largest absolute Gasteiger partial charge is 0.508 e. The van der Waals surface area contributed by atoms with Gasteiger partial charge in [-0.05, 0) is 48.0 Å². The number of benzene rings is 3. The normalized spacial score (nSPS) is 11.4. The Hall–Kier alpha value is -3.58. The Bertz CT molecular complexity index is 1120. The van der Waals surface area contributed by atoms with Crippen LogP contribution in [0, 0.1) is 0 Å². The van der Waals surface area contributed by atoms with Crippen LogP contribution in [0.25, 0.3) is 6.08 Å². The number of carbonyl (C=O) groups excluding carboxylic acids is 1. The predicted octanol–water partition coefficient (Wildman–Crippen LogP) is 3.79. The van der Waals surface area contributed by atoms with Gasteiger partial charge >= 0.3 is 0 Å². The molecule has 0 bridgehead atoms. The summed E-state index contributed by atoms with van der Waals surface area (Å²) in [6.07, 6.45) is 2.91. The van der Waals surface area contributed by atoms with E-state index in [4.69, 9.17) is 0 Å². The van der Waals surface area contributed by atoms with Gasteiger partial charge in [-0.25, -0.2) is 8.42 Å². The molecule has 3 aromatic carbocycles. The fourth-order valence-corrected chi connectivity index (χ4v) is 3.51. The van der Waals surface area contributed by atoms with Crippen molar-refractivity contribution in [2.45, 2.75) is 4.90 Å². The molecule has 0 aliphatic carbocycles. The first-order valence-corrected chi connectivity index (χ1v) is 9.76. The Morgan fingerprint density at radius 2 is 1.57 bits per heavy atom. The molecule has 0 aliphatic rings.